The van der Waals surface area contributed by atoms with Gasteiger partial charge in [0.25, 0.3) is 17.7 Å². The van der Waals surface area contributed by atoms with E-state index in [0.717, 1.165) is 10.5 Å². The Morgan fingerprint density at radius 1 is 0.812 bits per heavy atom. The van der Waals surface area contributed by atoms with Crippen LogP contribution >= 0.6 is 23.2 Å². The zero-order valence-electron chi connectivity index (χ0n) is 16.9. The lowest BCUT2D eigenvalue weighted by molar-refractivity contribution is -0.120. The highest BCUT2D eigenvalue weighted by Crippen LogP contribution is 2.31. The van der Waals surface area contributed by atoms with Crippen LogP contribution in [0.4, 0.5) is 17.1 Å². The first-order chi connectivity index (χ1) is 15.3. The highest BCUT2D eigenvalue weighted by Gasteiger charge is 2.39. The molecule has 1 aliphatic heterocycles. The van der Waals surface area contributed by atoms with Gasteiger partial charge in [0.1, 0.15) is 10.7 Å². The van der Waals surface area contributed by atoms with Crippen molar-refractivity contribution in [3.8, 4) is 0 Å². The maximum atomic E-state index is 12.9. The highest BCUT2D eigenvalue weighted by atomic mass is 35.5. The van der Waals surface area contributed by atoms with Crippen LogP contribution in [0.5, 0.6) is 0 Å². The van der Waals surface area contributed by atoms with Crippen LogP contribution in [0.2, 0.25) is 5.02 Å². The van der Waals surface area contributed by atoms with Crippen molar-refractivity contribution in [1.29, 1.82) is 0 Å². The van der Waals surface area contributed by atoms with Crippen molar-refractivity contribution in [3.05, 3.63) is 99.7 Å². The second-order valence-electron chi connectivity index (χ2n) is 7.08. The summed E-state index contributed by atoms with van der Waals surface area (Å²) < 4.78 is 0. The van der Waals surface area contributed by atoms with E-state index in [1.807, 2.05) is 19.1 Å². The third kappa shape index (κ3) is 4.23. The van der Waals surface area contributed by atoms with Crippen molar-refractivity contribution in [2.45, 2.75) is 6.92 Å². The Morgan fingerprint density at radius 3 is 2.09 bits per heavy atom. The van der Waals surface area contributed by atoms with Crippen LogP contribution in [-0.2, 0) is 9.59 Å². The van der Waals surface area contributed by atoms with Gasteiger partial charge in [0.05, 0.1) is 5.69 Å². The monoisotopic (exact) mass is 465 g/mol. The zero-order chi connectivity index (χ0) is 22.8. The third-order valence-corrected chi connectivity index (χ3v) is 5.50. The Balaban J connectivity index is 1.49. The fourth-order valence-electron chi connectivity index (χ4n) is 3.23. The zero-order valence-corrected chi connectivity index (χ0v) is 18.4. The fraction of sp³-hybridized carbons (Fsp3) is 0.0417. The van der Waals surface area contributed by atoms with E-state index in [1.165, 1.54) is 0 Å². The molecule has 0 saturated heterocycles. The van der Waals surface area contributed by atoms with E-state index in [2.05, 4.69) is 10.6 Å². The quantitative estimate of drug-likeness (QED) is 0.498. The van der Waals surface area contributed by atoms with Crippen LogP contribution in [0.3, 0.4) is 0 Å². The summed E-state index contributed by atoms with van der Waals surface area (Å²) in [6, 6.07) is 20.3. The number of carbonyl (C=O) groups excluding carboxylic acids is 3. The molecule has 6 nitrogen and oxygen atoms in total. The van der Waals surface area contributed by atoms with Crippen LogP contribution in [0.25, 0.3) is 0 Å². The Kier molecular flexibility index (Phi) is 5.99. The number of nitrogens with zero attached hydrogens (tertiary/aromatic N) is 1. The number of para-hydroxylation sites is 1. The smallest absolute Gasteiger partial charge is 0.283 e. The topological polar surface area (TPSA) is 78.5 Å². The maximum absolute atomic E-state index is 12.9. The largest absolute Gasteiger partial charge is 0.350 e. The SMILES string of the molecule is Cc1ccccc1N1C(=O)C(Cl)=C(Nc2ccc(C(=O)Nc3ccc(Cl)cc3)cc2)C1=O. The van der Waals surface area contributed by atoms with Crippen molar-refractivity contribution in [1.82, 2.24) is 0 Å². The van der Waals surface area contributed by atoms with E-state index in [0.29, 0.717) is 27.6 Å². The first kappa shape index (κ1) is 21.6. The minimum atomic E-state index is -0.590. The molecule has 0 atom stereocenters. The van der Waals surface area contributed by atoms with Gasteiger partial charge in [0.2, 0.25) is 0 Å². The standard InChI is InChI=1S/C24H17Cl2N3O3/c1-14-4-2-3-5-19(14)29-23(31)20(26)21(24(29)32)27-17-10-6-15(7-11-17)22(30)28-18-12-8-16(25)9-13-18/h2-13,27H,1H3,(H,28,30). The molecule has 0 spiro atoms. The molecule has 0 bridgehead atoms. The van der Waals surface area contributed by atoms with Crippen molar-refractivity contribution in [2.75, 3.05) is 15.5 Å². The second kappa shape index (κ2) is 8.86. The molecule has 3 aromatic rings. The van der Waals surface area contributed by atoms with Gasteiger partial charge in [-0.15, -0.1) is 0 Å². The Morgan fingerprint density at radius 2 is 1.44 bits per heavy atom. The van der Waals surface area contributed by atoms with E-state index < -0.39 is 11.8 Å². The first-order valence-electron chi connectivity index (χ1n) is 9.63. The molecule has 1 heterocycles. The summed E-state index contributed by atoms with van der Waals surface area (Å²) in [4.78, 5) is 39.0. The highest BCUT2D eigenvalue weighted by molar-refractivity contribution is 6.53. The Hall–Kier alpha value is -3.61. The van der Waals surface area contributed by atoms with E-state index >= 15 is 0 Å². The molecule has 0 unspecified atom stereocenters. The predicted molar refractivity (Wildman–Crippen MR) is 126 cm³/mol. The average molecular weight is 466 g/mol. The Bertz CT molecular complexity index is 1250. The lowest BCUT2D eigenvalue weighted by atomic mass is 10.1. The van der Waals surface area contributed by atoms with E-state index in [1.54, 1.807) is 60.7 Å². The normalized spacial score (nSPS) is 13.5. The van der Waals surface area contributed by atoms with Crippen LogP contribution in [0, 0.1) is 6.92 Å². The number of hydrogen-bond donors (Lipinski definition) is 2. The minimum Gasteiger partial charge on any atom is -0.350 e. The number of anilines is 3. The lowest BCUT2D eigenvalue weighted by Crippen LogP contribution is -2.32. The lowest BCUT2D eigenvalue weighted by Gasteiger charge is -2.17. The van der Waals surface area contributed by atoms with Gasteiger partial charge < -0.3 is 10.6 Å². The Labute approximate surface area is 194 Å². The number of aryl methyl sites for hydroxylation is 1. The van der Waals surface area contributed by atoms with Crippen LogP contribution in [0.1, 0.15) is 15.9 Å². The number of benzene rings is 3. The fourth-order valence-corrected chi connectivity index (χ4v) is 3.57. The average Bonchev–Trinajstić information content (AvgIpc) is 2.99. The molecule has 0 fully saturated rings. The number of carbonyl (C=O) groups is 3. The summed E-state index contributed by atoms with van der Waals surface area (Å²) in [6.07, 6.45) is 0. The number of rotatable bonds is 5. The number of imide groups is 1. The summed E-state index contributed by atoms with van der Waals surface area (Å²) in [5.41, 5.74) is 2.78. The predicted octanol–water partition coefficient (Wildman–Crippen LogP) is 5.34. The molecule has 160 valence electrons. The molecule has 3 aromatic carbocycles. The van der Waals surface area contributed by atoms with Crippen LogP contribution in [-0.4, -0.2) is 17.7 Å². The molecule has 4 rings (SSSR count). The van der Waals surface area contributed by atoms with Gasteiger partial charge in [-0.25, -0.2) is 4.90 Å². The van der Waals surface area contributed by atoms with Crippen molar-refractivity contribution < 1.29 is 14.4 Å². The summed E-state index contributed by atoms with van der Waals surface area (Å²) in [7, 11) is 0. The van der Waals surface area contributed by atoms with Gasteiger partial charge in [-0.3, -0.25) is 14.4 Å². The van der Waals surface area contributed by atoms with Gasteiger partial charge >= 0.3 is 0 Å². The summed E-state index contributed by atoms with van der Waals surface area (Å²) in [5.74, 6) is -1.43. The molecule has 0 aromatic heterocycles. The molecule has 8 heteroatoms. The molecule has 0 radical (unpaired) electrons. The number of amides is 3. The molecule has 0 aliphatic carbocycles. The molecule has 1 aliphatic rings. The summed E-state index contributed by atoms with van der Waals surface area (Å²) >= 11 is 12.0. The van der Waals surface area contributed by atoms with Gasteiger partial charge in [-0.05, 0) is 67.1 Å². The van der Waals surface area contributed by atoms with E-state index in [4.69, 9.17) is 23.2 Å². The van der Waals surface area contributed by atoms with Gasteiger partial charge in [0, 0.05) is 22.0 Å². The second-order valence-corrected chi connectivity index (χ2v) is 7.90. The van der Waals surface area contributed by atoms with Crippen molar-refractivity contribution in [3.63, 3.8) is 0 Å². The molecule has 0 saturated carbocycles. The third-order valence-electron chi connectivity index (χ3n) is 4.90. The number of hydrogen-bond acceptors (Lipinski definition) is 4. The maximum Gasteiger partial charge on any atom is 0.283 e. The number of nitrogens with one attached hydrogen (secondary N) is 2. The van der Waals surface area contributed by atoms with Gasteiger partial charge in [-0.2, -0.15) is 0 Å². The van der Waals surface area contributed by atoms with E-state index in [-0.39, 0.29) is 16.6 Å². The van der Waals surface area contributed by atoms with Gasteiger partial charge in [0.15, 0.2) is 0 Å². The molecular weight excluding hydrogens is 449 g/mol. The van der Waals surface area contributed by atoms with Crippen LogP contribution in [0.15, 0.2) is 83.5 Å². The van der Waals surface area contributed by atoms with Crippen LogP contribution < -0.4 is 15.5 Å². The van der Waals surface area contributed by atoms with E-state index in [9.17, 15) is 14.4 Å². The molecule has 32 heavy (non-hydrogen) atoms. The molecule has 3 amide bonds. The van der Waals surface area contributed by atoms with Crippen molar-refractivity contribution >= 4 is 58.0 Å². The summed E-state index contributed by atoms with van der Waals surface area (Å²) in [6.45, 7) is 1.81. The molecular formula is C24H17Cl2N3O3. The van der Waals surface area contributed by atoms with Crippen molar-refractivity contribution in [2.24, 2.45) is 0 Å². The van der Waals surface area contributed by atoms with Gasteiger partial charge in [-0.1, -0.05) is 41.4 Å². The summed E-state index contributed by atoms with van der Waals surface area (Å²) in [5, 5.41) is 6.06. The number of halogens is 2. The first-order valence-corrected chi connectivity index (χ1v) is 10.4. The molecule has 2 N–H and O–H groups in total. The minimum absolute atomic E-state index is 0.0155.